The Labute approximate surface area is 141 Å². The molecule has 1 aromatic heterocycles. The molecule has 1 aromatic rings. The third-order valence-corrected chi connectivity index (χ3v) is 5.12. The molecule has 3 rings (SSSR count). The average Bonchev–Trinajstić information content (AvgIpc) is 3.06. The molecule has 2 fully saturated rings. The van der Waals surface area contributed by atoms with Crippen molar-refractivity contribution in [2.45, 2.75) is 45.8 Å². The molecular weight excluding hydrogens is 308 g/mol. The molecule has 0 aromatic carbocycles. The van der Waals surface area contributed by atoms with E-state index in [2.05, 4.69) is 9.88 Å². The van der Waals surface area contributed by atoms with Crippen molar-refractivity contribution in [3.05, 3.63) is 23.0 Å². The van der Waals surface area contributed by atoms with Gasteiger partial charge in [0.1, 0.15) is 6.04 Å². The van der Waals surface area contributed by atoms with Crippen molar-refractivity contribution in [2.75, 3.05) is 20.1 Å². The quantitative estimate of drug-likeness (QED) is 0.865. The lowest BCUT2D eigenvalue weighted by Gasteiger charge is -2.33. The van der Waals surface area contributed by atoms with Crippen LogP contribution in [-0.2, 0) is 16.1 Å². The van der Waals surface area contributed by atoms with Crippen LogP contribution in [0.4, 0.5) is 0 Å². The van der Waals surface area contributed by atoms with Crippen molar-refractivity contribution in [1.82, 2.24) is 19.7 Å². The maximum atomic E-state index is 12.6. The zero-order valence-electron chi connectivity index (χ0n) is 14.6. The van der Waals surface area contributed by atoms with Crippen LogP contribution >= 0.6 is 0 Å². The zero-order valence-corrected chi connectivity index (χ0v) is 14.6. The van der Waals surface area contributed by atoms with Crippen LogP contribution in [0.1, 0.15) is 35.1 Å². The molecule has 7 nitrogen and oxygen atoms in total. The summed E-state index contributed by atoms with van der Waals surface area (Å²) >= 11 is 0. The third kappa shape index (κ3) is 2.57. The maximum absolute atomic E-state index is 12.6. The first kappa shape index (κ1) is 16.5. The highest BCUT2D eigenvalue weighted by atomic mass is 16.2. The molecule has 2 aliphatic rings. The number of hydrogen-bond acceptors (Lipinski definition) is 3. The summed E-state index contributed by atoms with van der Waals surface area (Å²) in [6.07, 6.45) is 0.479. The van der Waals surface area contributed by atoms with E-state index >= 15 is 0 Å². The Kier molecular flexibility index (Phi) is 4.11. The summed E-state index contributed by atoms with van der Waals surface area (Å²) in [5.74, 6) is -0.237. The fourth-order valence-corrected chi connectivity index (χ4v) is 3.86. The van der Waals surface area contributed by atoms with Crippen LogP contribution in [0.3, 0.4) is 0 Å². The average molecular weight is 332 g/mol. The number of hydrogen-bond donors (Lipinski definition) is 1. The lowest BCUT2D eigenvalue weighted by atomic mass is 10.1. The minimum absolute atomic E-state index is 0.0458. The van der Waals surface area contributed by atoms with Crippen molar-refractivity contribution in [3.8, 4) is 0 Å². The van der Waals surface area contributed by atoms with Gasteiger partial charge in [-0.2, -0.15) is 0 Å². The number of carbonyl (C=O) groups excluding carboxylic acids is 3. The van der Waals surface area contributed by atoms with E-state index in [0.717, 1.165) is 17.9 Å². The Bertz CT molecular complexity index is 709. The molecule has 7 heteroatoms. The number of nitrogens with zero attached hydrogens (tertiary/aromatic N) is 3. The minimum Gasteiger partial charge on any atom is -0.349 e. The zero-order chi connectivity index (χ0) is 17.6. The predicted molar refractivity (Wildman–Crippen MR) is 88.6 cm³/mol. The van der Waals surface area contributed by atoms with E-state index in [-0.39, 0.29) is 30.3 Å². The minimum atomic E-state index is -0.440. The topological polar surface area (TPSA) is 74.6 Å². The lowest BCUT2D eigenvalue weighted by Crippen LogP contribution is -2.55. The smallest absolute Gasteiger partial charge is 0.253 e. The van der Waals surface area contributed by atoms with Crippen LogP contribution in [0.5, 0.6) is 0 Å². The standard InChI is InChI=1S/C17H24N4O3/c1-5-20-10(2)6-13(11(20)3)16(23)18-12-7-14-17(24)19(4)9-15(22)21(14)8-12/h6,12,14H,5,7-9H2,1-4H3,(H,18,23)/t12-,14-/m0/s1. The van der Waals surface area contributed by atoms with Gasteiger partial charge in [0.15, 0.2) is 0 Å². The molecule has 0 saturated carbocycles. The number of aromatic nitrogens is 1. The Hall–Kier alpha value is -2.31. The molecule has 0 aliphatic carbocycles. The van der Waals surface area contributed by atoms with Crippen LogP contribution in [0.2, 0.25) is 0 Å². The first-order chi connectivity index (χ1) is 11.3. The molecule has 2 saturated heterocycles. The van der Waals surface area contributed by atoms with Crippen LogP contribution in [0.15, 0.2) is 6.07 Å². The third-order valence-electron chi connectivity index (χ3n) is 5.12. The van der Waals surface area contributed by atoms with Gasteiger partial charge in [-0.15, -0.1) is 0 Å². The van der Waals surface area contributed by atoms with Gasteiger partial charge in [0, 0.05) is 37.6 Å². The maximum Gasteiger partial charge on any atom is 0.253 e. The molecule has 2 atom stereocenters. The van der Waals surface area contributed by atoms with E-state index in [9.17, 15) is 14.4 Å². The molecule has 0 unspecified atom stereocenters. The fraction of sp³-hybridized carbons (Fsp3) is 0.588. The predicted octanol–water partition coefficient (Wildman–Crippen LogP) is 0.296. The van der Waals surface area contributed by atoms with E-state index in [4.69, 9.17) is 0 Å². The van der Waals surface area contributed by atoms with Crippen molar-refractivity contribution in [2.24, 2.45) is 0 Å². The van der Waals surface area contributed by atoms with Gasteiger partial charge in [0.05, 0.1) is 12.1 Å². The second-order valence-electron chi connectivity index (χ2n) is 6.69. The second-order valence-corrected chi connectivity index (χ2v) is 6.69. The molecular formula is C17H24N4O3. The summed E-state index contributed by atoms with van der Waals surface area (Å²) in [7, 11) is 1.64. The number of fused-ring (bicyclic) bond motifs is 1. The number of carbonyl (C=O) groups is 3. The SMILES string of the molecule is CCn1c(C)cc(C(=O)N[C@H]2C[C@H]3C(=O)N(C)CC(=O)N3C2)c1C. The van der Waals surface area contributed by atoms with Gasteiger partial charge in [0.2, 0.25) is 11.8 Å². The molecule has 1 N–H and O–H groups in total. The molecule has 3 amide bonds. The van der Waals surface area contributed by atoms with Gasteiger partial charge < -0.3 is 19.7 Å². The van der Waals surface area contributed by atoms with E-state index in [0.29, 0.717) is 18.5 Å². The number of piperazine rings is 1. The van der Waals surface area contributed by atoms with Crippen LogP contribution in [0.25, 0.3) is 0 Å². The van der Waals surface area contributed by atoms with Gasteiger partial charge in [-0.25, -0.2) is 0 Å². The van der Waals surface area contributed by atoms with Gasteiger partial charge in [0.25, 0.3) is 5.91 Å². The summed E-state index contributed by atoms with van der Waals surface area (Å²) in [5, 5.41) is 3.00. The van der Waals surface area contributed by atoms with Gasteiger partial charge in [-0.3, -0.25) is 14.4 Å². The van der Waals surface area contributed by atoms with Crippen molar-refractivity contribution in [3.63, 3.8) is 0 Å². The monoisotopic (exact) mass is 332 g/mol. The molecule has 0 bridgehead atoms. The number of amides is 3. The first-order valence-corrected chi connectivity index (χ1v) is 8.35. The van der Waals surface area contributed by atoms with Gasteiger partial charge in [-0.1, -0.05) is 0 Å². The molecule has 0 radical (unpaired) electrons. The summed E-state index contributed by atoms with van der Waals surface area (Å²) in [6, 6.07) is 1.26. The number of aryl methyl sites for hydroxylation is 1. The molecule has 2 aliphatic heterocycles. The van der Waals surface area contributed by atoms with Crippen molar-refractivity contribution in [1.29, 1.82) is 0 Å². The Morgan fingerprint density at radius 2 is 2.04 bits per heavy atom. The summed E-state index contributed by atoms with van der Waals surface area (Å²) < 4.78 is 2.09. The first-order valence-electron chi connectivity index (χ1n) is 8.35. The van der Waals surface area contributed by atoms with Crippen molar-refractivity contribution >= 4 is 17.7 Å². The second kappa shape index (κ2) is 5.96. The van der Waals surface area contributed by atoms with E-state index < -0.39 is 6.04 Å². The fourth-order valence-electron chi connectivity index (χ4n) is 3.86. The highest BCUT2D eigenvalue weighted by Crippen LogP contribution is 2.24. The summed E-state index contributed by atoms with van der Waals surface area (Å²) in [5.41, 5.74) is 2.65. The Balaban J connectivity index is 1.73. The Morgan fingerprint density at radius 1 is 1.33 bits per heavy atom. The van der Waals surface area contributed by atoms with Crippen molar-refractivity contribution < 1.29 is 14.4 Å². The highest BCUT2D eigenvalue weighted by molar-refractivity contribution is 5.97. The molecule has 0 spiro atoms. The molecule has 3 heterocycles. The van der Waals surface area contributed by atoms with Gasteiger partial charge >= 0.3 is 0 Å². The molecule has 130 valence electrons. The highest BCUT2D eigenvalue weighted by Gasteiger charge is 2.45. The normalized spacial score (nSPS) is 23.7. The lowest BCUT2D eigenvalue weighted by molar-refractivity contribution is -0.152. The van der Waals surface area contributed by atoms with Crippen LogP contribution in [-0.4, -0.2) is 64.3 Å². The molecule has 24 heavy (non-hydrogen) atoms. The number of nitrogens with one attached hydrogen (secondary N) is 1. The van der Waals surface area contributed by atoms with E-state index in [1.54, 1.807) is 11.9 Å². The van der Waals surface area contributed by atoms with E-state index in [1.165, 1.54) is 4.90 Å². The van der Waals surface area contributed by atoms with E-state index in [1.807, 2.05) is 26.8 Å². The summed E-state index contributed by atoms with van der Waals surface area (Å²) in [4.78, 5) is 40.0. The van der Waals surface area contributed by atoms with Crippen LogP contribution in [0, 0.1) is 13.8 Å². The number of likely N-dealkylation sites (N-methyl/N-ethyl adjacent to an activating group) is 1. The summed E-state index contributed by atoms with van der Waals surface area (Å²) in [6.45, 7) is 7.31. The van der Waals surface area contributed by atoms with Crippen LogP contribution < -0.4 is 5.32 Å². The number of rotatable bonds is 3. The Morgan fingerprint density at radius 3 is 2.67 bits per heavy atom. The largest absolute Gasteiger partial charge is 0.349 e. The van der Waals surface area contributed by atoms with Gasteiger partial charge in [-0.05, 0) is 33.3 Å².